The predicted octanol–water partition coefficient (Wildman–Crippen LogP) is 7.69. The second-order valence-corrected chi connectivity index (χ2v) is 14.2. The Labute approximate surface area is 283 Å². The molecule has 48 heavy (non-hydrogen) atoms. The minimum Gasteiger partial charge on any atom is -0.444 e. The number of piperidine rings is 1. The molecule has 1 saturated carbocycles. The van der Waals surface area contributed by atoms with Gasteiger partial charge in [-0.2, -0.15) is 0 Å². The Morgan fingerprint density at radius 1 is 0.958 bits per heavy atom. The molecule has 1 saturated heterocycles. The highest BCUT2D eigenvalue weighted by Gasteiger charge is 2.43. The summed E-state index contributed by atoms with van der Waals surface area (Å²) in [5.74, 6) is -0.399. The third-order valence-electron chi connectivity index (χ3n) is 9.51. The van der Waals surface area contributed by atoms with Crippen molar-refractivity contribution < 1.29 is 23.9 Å². The van der Waals surface area contributed by atoms with E-state index < -0.39 is 11.5 Å². The number of aryl methyl sites for hydroxylation is 1. The first kappa shape index (κ1) is 33.5. The lowest BCUT2D eigenvalue weighted by Gasteiger charge is -2.40. The van der Waals surface area contributed by atoms with E-state index in [-0.39, 0.29) is 24.0 Å². The summed E-state index contributed by atoms with van der Waals surface area (Å²) in [5, 5.41) is 1.16. The number of carbonyl (C=O) groups is 3. The van der Waals surface area contributed by atoms with E-state index in [9.17, 15) is 14.4 Å². The molecule has 1 aromatic heterocycles. The molecular formula is C40H47N3O5. The molecule has 2 atom stereocenters. The monoisotopic (exact) mass is 649 g/mol. The van der Waals surface area contributed by atoms with Crippen LogP contribution in [0.5, 0.6) is 0 Å². The lowest BCUT2D eigenvalue weighted by atomic mass is 9.79. The van der Waals surface area contributed by atoms with Gasteiger partial charge < -0.3 is 23.8 Å². The highest BCUT2D eigenvalue weighted by molar-refractivity contribution is 5.86. The SMILES string of the molecule is COCCCn1cc(CN(C(=O)[C@H]2CN(C(=O)OC(C)(C)C)CC[C@@H]2c2cccc(-c3ccc(C=O)cc3)c2)C2CC2)c2ccccc21. The second kappa shape index (κ2) is 14.4. The van der Waals surface area contributed by atoms with Crippen molar-refractivity contribution in [2.75, 3.05) is 26.8 Å². The van der Waals surface area contributed by atoms with Gasteiger partial charge >= 0.3 is 6.09 Å². The summed E-state index contributed by atoms with van der Waals surface area (Å²) >= 11 is 0. The van der Waals surface area contributed by atoms with Gasteiger partial charge in [0, 0.05) is 68.6 Å². The smallest absolute Gasteiger partial charge is 0.410 e. The second-order valence-electron chi connectivity index (χ2n) is 14.2. The van der Waals surface area contributed by atoms with E-state index in [1.54, 1.807) is 12.0 Å². The number of likely N-dealkylation sites (tertiary alicyclic amines) is 1. The fraction of sp³-hybridized carbons (Fsp3) is 0.425. The molecule has 6 rings (SSSR count). The van der Waals surface area contributed by atoms with Crippen molar-refractivity contribution in [1.82, 2.24) is 14.4 Å². The maximum atomic E-state index is 14.9. The number of fused-ring (bicyclic) bond motifs is 1. The maximum Gasteiger partial charge on any atom is 0.410 e. The molecule has 2 aliphatic rings. The van der Waals surface area contributed by atoms with Crippen molar-refractivity contribution in [2.24, 2.45) is 5.92 Å². The quantitative estimate of drug-likeness (QED) is 0.123. The van der Waals surface area contributed by atoms with Crippen LogP contribution in [0.4, 0.5) is 4.79 Å². The molecule has 4 aromatic rings. The summed E-state index contributed by atoms with van der Waals surface area (Å²) < 4.78 is 13.4. The van der Waals surface area contributed by atoms with Crippen LogP contribution in [0, 0.1) is 5.92 Å². The van der Waals surface area contributed by atoms with Crippen LogP contribution >= 0.6 is 0 Å². The number of nitrogens with zero attached hydrogens (tertiary/aromatic N) is 3. The van der Waals surface area contributed by atoms with Crippen molar-refractivity contribution in [2.45, 2.75) is 77.1 Å². The van der Waals surface area contributed by atoms with Crippen molar-refractivity contribution in [3.8, 4) is 11.1 Å². The van der Waals surface area contributed by atoms with Gasteiger partial charge in [-0.3, -0.25) is 9.59 Å². The number of rotatable bonds is 11. The number of para-hydroxylation sites is 1. The van der Waals surface area contributed by atoms with Crippen LogP contribution in [0.2, 0.25) is 0 Å². The van der Waals surface area contributed by atoms with Crippen LogP contribution in [0.3, 0.4) is 0 Å². The molecule has 0 spiro atoms. The number of ether oxygens (including phenoxy) is 2. The average Bonchev–Trinajstić information content (AvgIpc) is 3.88. The Hall–Kier alpha value is -4.43. The summed E-state index contributed by atoms with van der Waals surface area (Å²) in [6, 6.07) is 24.5. The largest absolute Gasteiger partial charge is 0.444 e. The van der Waals surface area contributed by atoms with E-state index in [4.69, 9.17) is 9.47 Å². The van der Waals surface area contributed by atoms with Gasteiger partial charge in [0.1, 0.15) is 11.9 Å². The van der Waals surface area contributed by atoms with Gasteiger partial charge in [-0.15, -0.1) is 0 Å². The molecule has 252 valence electrons. The molecule has 0 radical (unpaired) electrons. The lowest BCUT2D eigenvalue weighted by Crippen LogP contribution is -2.51. The van der Waals surface area contributed by atoms with E-state index in [1.165, 1.54) is 0 Å². The molecule has 1 aliphatic heterocycles. The molecule has 2 heterocycles. The molecule has 1 aliphatic carbocycles. The lowest BCUT2D eigenvalue weighted by molar-refractivity contribution is -0.139. The van der Waals surface area contributed by atoms with Crippen LogP contribution in [-0.2, 0) is 27.4 Å². The van der Waals surface area contributed by atoms with E-state index in [1.807, 2.05) is 51.1 Å². The van der Waals surface area contributed by atoms with Crippen LogP contribution in [-0.4, -0.2) is 71.1 Å². The van der Waals surface area contributed by atoms with Gasteiger partial charge in [-0.05, 0) is 80.7 Å². The standard InChI is InChI=1S/C40H47N3O5/c1-40(2,3)48-39(46)42-21-19-34(31-10-7-9-30(23-31)29-15-13-28(27-44)14-16-29)36(26-42)38(45)43(33-17-18-33)25-32-24-41(20-8-22-47-4)37-12-6-5-11-35(32)37/h5-7,9-16,23-24,27,33-34,36H,8,17-22,25-26H2,1-4H3/t34-,36+/m1/s1. The Balaban J connectivity index is 1.32. The normalized spacial score (nSPS) is 18.1. The average molecular weight is 650 g/mol. The maximum absolute atomic E-state index is 14.9. The first-order chi connectivity index (χ1) is 23.1. The number of carbonyl (C=O) groups excluding carboxylic acids is 3. The summed E-state index contributed by atoms with van der Waals surface area (Å²) in [6.45, 7) is 8.49. The molecule has 0 unspecified atom stereocenters. The van der Waals surface area contributed by atoms with Gasteiger partial charge in [-0.25, -0.2) is 4.79 Å². The molecule has 8 nitrogen and oxygen atoms in total. The number of hydrogen-bond donors (Lipinski definition) is 0. The fourth-order valence-electron chi connectivity index (χ4n) is 6.98. The zero-order chi connectivity index (χ0) is 33.8. The van der Waals surface area contributed by atoms with Crippen molar-refractivity contribution in [3.05, 3.63) is 95.7 Å². The van der Waals surface area contributed by atoms with Crippen molar-refractivity contribution in [3.63, 3.8) is 0 Å². The summed E-state index contributed by atoms with van der Waals surface area (Å²) in [6.07, 6.45) is 6.20. The van der Waals surface area contributed by atoms with Crippen LogP contribution < -0.4 is 0 Å². The van der Waals surface area contributed by atoms with Gasteiger partial charge in [0.25, 0.3) is 0 Å². The number of amides is 2. The first-order valence-corrected chi connectivity index (χ1v) is 17.1. The predicted molar refractivity (Wildman–Crippen MR) is 188 cm³/mol. The van der Waals surface area contributed by atoms with E-state index in [2.05, 4.69) is 58.1 Å². The minimum absolute atomic E-state index is 0.0676. The molecule has 0 bridgehead atoms. The van der Waals surface area contributed by atoms with Gasteiger partial charge in [0.15, 0.2) is 0 Å². The van der Waals surface area contributed by atoms with Gasteiger partial charge in [-0.1, -0.05) is 66.7 Å². The van der Waals surface area contributed by atoms with E-state index >= 15 is 0 Å². The number of aldehydes is 1. The number of benzene rings is 3. The van der Waals surface area contributed by atoms with E-state index in [0.717, 1.165) is 65.3 Å². The first-order valence-electron chi connectivity index (χ1n) is 17.1. The van der Waals surface area contributed by atoms with E-state index in [0.29, 0.717) is 38.2 Å². The van der Waals surface area contributed by atoms with Crippen LogP contribution in [0.15, 0.2) is 79.0 Å². The zero-order valence-electron chi connectivity index (χ0n) is 28.6. The molecule has 2 amide bonds. The zero-order valence-corrected chi connectivity index (χ0v) is 28.6. The minimum atomic E-state index is -0.626. The third kappa shape index (κ3) is 7.65. The Kier molecular flexibility index (Phi) is 10.0. The van der Waals surface area contributed by atoms with Gasteiger partial charge in [0.2, 0.25) is 5.91 Å². The highest BCUT2D eigenvalue weighted by Crippen LogP contribution is 2.40. The molecular weight excluding hydrogens is 602 g/mol. The van der Waals surface area contributed by atoms with Crippen LogP contribution in [0.1, 0.15) is 73.9 Å². The highest BCUT2D eigenvalue weighted by atomic mass is 16.6. The summed E-state index contributed by atoms with van der Waals surface area (Å²) in [5.41, 5.74) is 5.44. The summed E-state index contributed by atoms with van der Waals surface area (Å²) in [7, 11) is 1.73. The van der Waals surface area contributed by atoms with Crippen LogP contribution in [0.25, 0.3) is 22.0 Å². The summed E-state index contributed by atoms with van der Waals surface area (Å²) in [4.78, 5) is 43.2. The van der Waals surface area contributed by atoms with Gasteiger partial charge in [0.05, 0.1) is 5.92 Å². The molecule has 8 heteroatoms. The number of aromatic nitrogens is 1. The van der Waals surface area contributed by atoms with Crippen molar-refractivity contribution in [1.29, 1.82) is 0 Å². The van der Waals surface area contributed by atoms with Crippen molar-refractivity contribution >= 4 is 29.2 Å². The molecule has 2 fully saturated rings. The third-order valence-corrected chi connectivity index (χ3v) is 9.51. The molecule has 0 N–H and O–H groups in total. The topological polar surface area (TPSA) is 81.1 Å². The Morgan fingerprint density at radius 3 is 2.44 bits per heavy atom. The molecule has 3 aromatic carbocycles. The Morgan fingerprint density at radius 2 is 1.73 bits per heavy atom. The number of hydrogen-bond acceptors (Lipinski definition) is 5. The Bertz CT molecular complexity index is 1750. The fourth-order valence-corrected chi connectivity index (χ4v) is 6.98. The number of methoxy groups -OCH3 is 1.